The van der Waals surface area contributed by atoms with Crippen LogP contribution in [0.4, 0.5) is 4.79 Å². The predicted molar refractivity (Wildman–Crippen MR) is 41.3 cm³/mol. The summed E-state index contributed by atoms with van der Waals surface area (Å²) in [7, 11) is 0. The third-order valence-corrected chi connectivity index (χ3v) is 1.26. The molecule has 0 bridgehead atoms. The van der Waals surface area contributed by atoms with Crippen molar-refractivity contribution in [3.63, 3.8) is 0 Å². The molecule has 0 spiro atoms. The summed E-state index contributed by atoms with van der Waals surface area (Å²) in [4.78, 5) is 10.7. The van der Waals surface area contributed by atoms with E-state index in [0.29, 0.717) is 0 Å². The molecule has 0 saturated heterocycles. The van der Waals surface area contributed by atoms with Gasteiger partial charge >= 0.3 is 6.09 Å². The number of aliphatic hydroxyl groups excluding tert-OH is 1. The van der Waals surface area contributed by atoms with Crippen LogP contribution in [0.1, 0.15) is 20.3 Å². The summed E-state index contributed by atoms with van der Waals surface area (Å²) in [6, 6.07) is 0. The average Bonchev–Trinajstić information content (AvgIpc) is 2.00. The Hall–Kier alpha value is -0.770. The second-order valence-electron chi connectivity index (χ2n) is 2.27. The van der Waals surface area contributed by atoms with E-state index in [1.807, 2.05) is 13.8 Å². The first-order chi connectivity index (χ1) is 5.20. The molecule has 66 valence electrons. The Labute approximate surface area is 66.5 Å². The third-order valence-electron chi connectivity index (χ3n) is 1.26. The van der Waals surface area contributed by atoms with Crippen LogP contribution in [0.25, 0.3) is 0 Å². The fraction of sp³-hybridized carbons (Fsp3) is 0.857. The summed E-state index contributed by atoms with van der Waals surface area (Å²) in [5.41, 5.74) is 0. The van der Waals surface area contributed by atoms with E-state index in [0.717, 1.165) is 6.42 Å². The number of hydrogen-bond donors (Lipinski definition) is 2. The number of hydrogen-bond acceptors (Lipinski definition) is 3. The largest absolute Gasteiger partial charge is 0.447 e. The zero-order valence-electron chi connectivity index (χ0n) is 6.96. The van der Waals surface area contributed by atoms with Crippen molar-refractivity contribution in [1.29, 1.82) is 0 Å². The van der Waals surface area contributed by atoms with E-state index in [-0.39, 0.29) is 19.3 Å². The summed E-state index contributed by atoms with van der Waals surface area (Å²) in [5, 5.41) is 10.7. The third kappa shape index (κ3) is 5.66. The molecule has 4 nitrogen and oxygen atoms in total. The highest BCUT2D eigenvalue weighted by Gasteiger charge is 2.04. The molecule has 0 aromatic heterocycles. The monoisotopic (exact) mass is 161 g/mol. The molecule has 0 saturated carbocycles. The number of amides is 1. The first-order valence-corrected chi connectivity index (χ1v) is 3.76. The fourth-order valence-corrected chi connectivity index (χ4v) is 0.466. The zero-order valence-corrected chi connectivity index (χ0v) is 6.96. The normalized spacial score (nSPS) is 12.3. The van der Waals surface area contributed by atoms with E-state index in [4.69, 9.17) is 9.84 Å². The van der Waals surface area contributed by atoms with Gasteiger partial charge in [0.15, 0.2) is 0 Å². The number of nitrogens with one attached hydrogen (secondary N) is 1. The molecule has 0 rings (SSSR count). The van der Waals surface area contributed by atoms with E-state index in [1.165, 1.54) is 0 Å². The van der Waals surface area contributed by atoms with Crippen LogP contribution in [-0.2, 0) is 4.74 Å². The first-order valence-electron chi connectivity index (χ1n) is 3.76. The first kappa shape index (κ1) is 10.2. The Bertz CT molecular complexity index is 116. The van der Waals surface area contributed by atoms with Gasteiger partial charge < -0.3 is 15.2 Å². The van der Waals surface area contributed by atoms with Crippen LogP contribution in [0.2, 0.25) is 0 Å². The number of carbonyl (C=O) groups is 1. The van der Waals surface area contributed by atoms with Gasteiger partial charge in [0.05, 0.1) is 6.61 Å². The molecule has 0 aliphatic heterocycles. The van der Waals surface area contributed by atoms with E-state index in [1.54, 1.807) is 0 Å². The maximum absolute atomic E-state index is 10.7. The second kappa shape index (κ2) is 5.97. The van der Waals surface area contributed by atoms with Gasteiger partial charge in [-0.25, -0.2) is 4.79 Å². The van der Waals surface area contributed by atoms with Gasteiger partial charge in [-0.05, 0) is 13.3 Å². The lowest BCUT2D eigenvalue weighted by Gasteiger charge is -2.10. The maximum Gasteiger partial charge on any atom is 0.407 e. The van der Waals surface area contributed by atoms with Crippen molar-refractivity contribution in [1.82, 2.24) is 5.32 Å². The smallest absolute Gasteiger partial charge is 0.407 e. The average molecular weight is 161 g/mol. The molecule has 1 unspecified atom stereocenters. The quantitative estimate of drug-likeness (QED) is 0.631. The molecule has 0 aromatic carbocycles. The number of carbonyl (C=O) groups excluding carboxylic acids is 1. The molecule has 0 heterocycles. The zero-order chi connectivity index (χ0) is 8.69. The van der Waals surface area contributed by atoms with E-state index >= 15 is 0 Å². The van der Waals surface area contributed by atoms with Crippen molar-refractivity contribution in [2.45, 2.75) is 26.4 Å². The van der Waals surface area contributed by atoms with Crippen LogP contribution in [-0.4, -0.2) is 30.5 Å². The SMILES string of the molecule is CCC(C)OC(=O)NCCO. The maximum atomic E-state index is 10.7. The molecule has 0 radical (unpaired) electrons. The number of aliphatic hydroxyl groups is 1. The molecular weight excluding hydrogens is 146 g/mol. The lowest BCUT2D eigenvalue weighted by atomic mass is 10.3. The molecule has 0 fully saturated rings. The molecule has 2 N–H and O–H groups in total. The Kier molecular flexibility index (Phi) is 5.56. The molecule has 0 aromatic rings. The van der Waals surface area contributed by atoms with Crippen LogP contribution in [0, 0.1) is 0 Å². The lowest BCUT2D eigenvalue weighted by Crippen LogP contribution is -2.29. The topological polar surface area (TPSA) is 58.6 Å². The number of alkyl carbamates (subject to hydrolysis) is 1. The summed E-state index contributed by atoms with van der Waals surface area (Å²) >= 11 is 0. The minimum absolute atomic E-state index is 0.0599. The minimum atomic E-state index is -0.464. The summed E-state index contributed by atoms with van der Waals surface area (Å²) in [5.74, 6) is 0. The Balaban J connectivity index is 3.36. The van der Waals surface area contributed by atoms with Gasteiger partial charge in [0.25, 0.3) is 0 Å². The summed E-state index contributed by atoms with van der Waals surface area (Å²) in [6.07, 6.45) is 0.272. The van der Waals surface area contributed by atoms with Crippen molar-refractivity contribution in [2.24, 2.45) is 0 Å². The Morgan fingerprint density at radius 1 is 1.73 bits per heavy atom. The fourth-order valence-electron chi connectivity index (χ4n) is 0.466. The molecule has 1 amide bonds. The molecule has 1 atom stereocenters. The van der Waals surface area contributed by atoms with Crippen molar-refractivity contribution >= 4 is 6.09 Å². The lowest BCUT2D eigenvalue weighted by molar-refractivity contribution is 0.103. The Morgan fingerprint density at radius 2 is 2.36 bits per heavy atom. The molecular formula is C7H15NO3. The van der Waals surface area contributed by atoms with Crippen LogP contribution in [0.15, 0.2) is 0 Å². The van der Waals surface area contributed by atoms with Crippen LogP contribution in [0.5, 0.6) is 0 Å². The van der Waals surface area contributed by atoms with Crippen molar-refractivity contribution < 1.29 is 14.6 Å². The minimum Gasteiger partial charge on any atom is -0.447 e. The molecule has 4 heteroatoms. The van der Waals surface area contributed by atoms with Gasteiger partial charge in [-0.2, -0.15) is 0 Å². The van der Waals surface area contributed by atoms with E-state index < -0.39 is 6.09 Å². The highest BCUT2D eigenvalue weighted by molar-refractivity contribution is 5.67. The molecule has 0 aliphatic rings. The van der Waals surface area contributed by atoms with Crippen molar-refractivity contribution in [3.8, 4) is 0 Å². The standard InChI is InChI=1S/C7H15NO3/c1-3-6(2)11-7(10)8-4-5-9/h6,9H,3-5H2,1-2H3,(H,8,10). The second-order valence-corrected chi connectivity index (χ2v) is 2.27. The predicted octanol–water partition coefficient (Wildman–Crippen LogP) is 0.503. The van der Waals surface area contributed by atoms with Crippen LogP contribution >= 0.6 is 0 Å². The van der Waals surface area contributed by atoms with E-state index in [2.05, 4.69) is 5.32 Å². The summed E-state index contributed by atoms with van der Waals surface area (Å²) in [6.45, 7) is 3.94. The van der Waals surface area contributed by atoms with Gasteiger partial charge in [-0.1, -0.05) is 6.92 Å². The van der Waals surface area contributed by atoms with Crippen molar-refractivity contribution in [2.75, 3.05) is 13.2 Å². The Morgan fingerprint density at radius 3 is 2.82 bits per heavy atom. The highest BCUT2D eigenvalue weighted by Crippen LogP contribution is 1.94. The van der Waals surface area contributed by atoms with Crippen LogP contribution < -0.4 is 5.32 Å². The molecule has 0 aliphatic carbocycles. The summed E-state index contributed by atoms with van der Waals surface area (Å²) < 4.78 is 4.84. The molecule has 11 heavy (non-hydrogen) atoms. The van der Waals surface area contributed by atoms with Gasteiger partial charge in [0, 0.05) is 6.54 Å². The number of ether oxygens (including phenoxy) is 1. The van der Waals surface area contributed by atoms with Crippen molar-refractivity contribution in [3.05, 3.63) is 0 Å². The van der Waals surface area contributed by atoms with E-state index in [9.17, 15) is 4.79 Å². The van der Waals surface area contributed by atoms with Gasteiger partial charge in [-0.3, -0.25) is 0 Å². The van der Waals surface area contributed by atoms with Gasteiger partial charge in [0.1, 0.15) is 6.10 Å². The van der Waals surface area contributed by atoms with Gasteiger partial charge in [-0.15, -0.1) is 0 Å². The van der Waals surface area contributed by atoms with Crippen LogP contribution in [0.3, 0.4) is 0 Å². The highest BCUT2D eigenvalue weighted by atomic mass is 16.6. The number of rotatable bonds is 4. The van der Waals surface area contributed by atoms with Gasteiger partial charge in [0.2, 0.25) is 0 Å².